The Labute approximate surface area is 116 Å². The van der Waals surface area contributed by atoms with Crippen molar-refractivity contribution in [1.82, 2.24) is 5.32 Å². The van der Waals surface area contributed by atoms with E-state index in [1.807, 2.05) is 0 Å². The van der Waals surface area contributed by atoms with Gasteiger partial charge in [0.15, 0.2) is 0 Å². The molecule has 1 aliphatic carbocycles. The van der Waals surface area contributed by atoms with Crippen molar-refractivity contribution in [3.63, 3.8) is 0 Å². The van der Waals surface area contributed by atoms with E-state index < -0.39 is 11.9 Å². The predicted molar refractivity (Wildman–Crippen MR) is 74.8 cm³/mol. The van der Waals surface area contributed by atoms with Gasteiger partial charge >= 0.3 is 5.97 Å². The number of carbonyl (C=O) groups excluding carboxylic acids is 1. The fraction of sp³-hybridized carbons (Fsp3) is 0.867. The molecule has 0 aromatic rings. The highest BCUT2D eigenvalue weighted by atomic mass is 16.4. The van der Waals surface area contributed by atoms with E-state index in [1.165, 1.54) is 0 Å². The fourth-order valence-electron chi connectivity index (χ4n) is 3.06. The van der Waals surface area contributed by atoms with Crippen LogP contribution in [-0.4, -0.2) is 23.0 Å². The molecule has 110 valence electrons. The lowest BCUT2D eigenvalue weighted by Gasteiger charge is -2.31. The van der Waals surface area contributed by atoms with Gasteiger partial charge in [0.1, 0.15) is 0 Å². The van der Waals surface area contributed by atoms with Crippen molar-refractivity contribution in [1.29, 1.82) is 0 Å². The van der Waals surface area contributed by atoms with Crippen LogP contribution >= 0.6 is 0 Å². The number of carbonyl (C=O) groups is 2. The molecule has 0 aromatic heterocycles. The first-order valence-electron chi connectivity index (χ1n) is 7.32. The molecule has 0 aliphatic heterocycles. The molecule has 1 rings (SSSR count). The molecule has 1 aliphatic rings. The average molecular weight is 269 g/mol. The lowest BCUT2D eigenvalue weighted by molar-refractivity contribution is -0.142. The van der Waals surface area contributed by atoms with E-state index in [0.29, 0.717) is 5.92 Å². The summed E-state index contributed by atoms with van der Waals surface area (Å²) in [6, 6.07) is -0.324. The SMILES string of the molecule is CC(C)CC1(C(=O)NC(C)C(C)C(=O)O)CCCC1. The highest BCUT2D eigenvalue weighted by molar-refractivity contribution is 5.84. The molecule has 1 fully saturated rings. The van der Waals surface area contributed by atoms with Gasteiger partial charge < -0.3 is 10.4 Å². The van der Waals surface area contributed by atoms with E-state index in [1.54, 1.807) is 13.8 Å². The van der Waals surface area contributed by atoms with E-state index in [0.717, 1.165) is 32.1 Å². The van der Waals surface area contributed by atoms with Crippen LogP contribution < -0.4 is 5.32 Å². The quantitative estimate of drug-likeness (QED) is 0.779. The van der Waals surface area contributed by atoms with Gasteiger partial charge in [0.25, 0.3) is 0 Å². The van der Waals surface area contributed by atoms with Gasteiger partial charge in [-0.1, -0.05) is 26.7 Å². The number of aliphatic carboxylic acids is 1. The summed E-state index contributed by atoms with van der Waals surface area (Å²) in [6.07, 6.45) is 4.97. The third kappa shape index (κ3) is 3.95. The molecule has 0 saturated heterocycles. The first kappa shape index (κ1) is 16.0. The third-order valence-electron chi connectivity index (χ3n) is 4.34. The molecule has 1 saturated carbocycles. The lowest BCUT2D eigenvalue weighted by Crippen LogP contribution is -2.47. The van der Waals surface area contributed by atoms with Crippen LogP contribution in [0.4, 0.5) is 0 Å². The number of carboxylic acid groups (broad SMARTS) is 1. The molecule has 0 heterocycles. The zero-order valence-corrected chi connectivity index (χ0v) is 12.5. The summed E-state index contributed by atoms with van der Waals surface area (Å²) in [5, 5.41) is 11.9. The van der Waals surface area contributed by atoms with Crippen LogP contribution in [0.15, 0.2) is 0 Å². The second-order valence-electron chi connectivity index (χ2n) is 6.47. The average Bonchev–Trinajstić information content (AvgIpc) is 2.76. The molecule has 2 N–H and O–H groups in total. The second-order valence-corrected chi connectivity index (χ2v) is 6.47. The van der Waals surface area contributed by atoms with Gasteiger partial charge in [0.05, 0.1) is 5.92 Å². The van der Waals surface area contributed by atoms with Crippen LogP contribution in [0.5, 0.6) is 0 Å². The summed E-state index contributed by atoms with van der Waals surface area (Å²) in [4.78, 5) is 23.5. The van der Waals surface area contributed by atoms with Crippen molar-refractivity contribution in [2.75, 3.05) is 0 Å². The van der Waals surface area contributed by atoms with Gasteiger partial charge in [0.2, 0.25) is 5.91 Å². The Balaban J connectivity index is 2.70. The Morgan fingerprint density at radius 1 is 1.16 bits per heavy atom. The summed E-state index contributed by atoms with van der Waals surface area (Å²) in [5.41, 5.74) is -0.263. The van der Waals surface area contributed by atoms with Gasteiger partial charge in [-0.15, -0.1) is 0 Å². The van der Waals surface area contributed by atoms with Crippen molar-refractivity contribution in [3.8, 4) is 0 Å². The Bertz CT molecular complexity index is 332. The standard InChI is InChI=1S/C15H27NO3/c1-10(2)9-15(7-5-6-8-15)14(19)16-12(4)11(3)13(17)18/h10-12H,5-9H2,1-4H3,(H,16,19)(H,17,18). The van der Waals surface area contributed by atoms with E-state index in [-0.39, 0.29) is 17.4 Å². The van der Waals surface area contributed by atoms with E-state index in [2.05, 4.69) is 19.2 Å². The van der Waals surface area contributed by atoms with Crippen LogP contribution in [0, 0.1) is 17.3 Å². The molecule has 1 amide bonds. The first-order chi connectivity index (χ1) is 8.78. The van der Waals surface area contributed by atoms with E-state index in [9.17, 15) is 9.59 Å². The lowest BCUT2D eigenvalue weighted by atomic mass is 9.77. The maximum Gasteiger partial charge on any atom is 0.308 e. The highest BCUT2D eigenvalue weighted by Crippen LogP contribution is 2.43. The van der Waals surface area contributed by atoms with Crippen molar-refractivity contribution in [3.05, 3.63) is 0 Å². The van der Waals surface area contributed by atoms with Crippen molar-refractivity contribution < 1.29 is 14.7 Å². The minimum atomic E-state index is -0.864. The van der Waals surface area contributed by atoms with Gasteiger partial charge in [-0.25, -0.2) is 0 Å². The molecule has 2 unspecified atom stereocenters. The Morgan fingerprint density at radius 2 is 1.68 bits per heavy atom. The molecule has 4 nitrogen and oxygen atoms in total. The van der Waals surface area contributed by atoms with Crippen LogP contribution in [0.2, 0.25) is 0 Å². The summed E-state index contributed by atoms with van der Waals surface area (Å²) in [5.74, 6) is -0.881. The molecule has 4 heteroatoms. The maximum atomic E-state index is 12.5. The van der Waals surface area contributed by atoms with Gasteiger partial charge in [0, 0.05) is 11.5 Å². The molecular weight excluding hydrogens is 242 g/mol. The molecule has 19 heavy (non-hydrogen) atoms. The van der Waals surface area contributed by atoms with Gasteiger partial charge in [-0.3, -0.25) is 9.59 Å². The number of carboxylic acids is 1. The number of rotatable bonds is 6. The molecular formula is C15H27NO3. The smallest absolute Gasteiger partial charge is 0.308 e. The van der Waals surface area contributed by atoms with E-state index in [4.69, 9.17) is 5.11 Å². The van der Waals surface area contributed by atoms with Crippen molar-refractivity contribution >= 4 is 11.9 Å². The Morgan fingerprint density at radius 3 is 2.11 bits per heavy atom. The molecule has 0 spiro atoms. The molecule has 0 radical (unpaired) electrons. The zero-order valence-electron chi connectivity index (χ0n) is 12.5. The van der Waals surface area contributed by atoms with Crippen LogP contribution in [-0.2, 0) is 9.59 Å². The van der Waals surface area contributed by atoms with Crippen LogP contribution in [0.3, 0.4) is 0 Å². The predicted octanol–water partition coefficient (Wildman–Crippen LogP) is 2.82. The number of amides is 1. The minimum absolute atomic E-state index is 0.0549. The number of nitrogens with one attached hydrogen (secondary N) is 1. The summed E-state index contributed by atoms with van der Waals surface area (Å²) >= 11 is 0. The third-order valence-corrected chi connectivity index (χ3v) is 4.34. The van der Waals surface area contributed by atoms with Gasteiger partial charge in [-0.05, 0) is 39.0 Å². The molecule has 0 bridgehead atoms. The number of hydrogen-bond donors (Lipinski definition) is 2. The topological polar surface area (TPSA) is 66.4 Å². The summed E-state index contributed by atoms with van der Waals surface area (Å²) in [6.45, 7) is 7.68. The highest BCUT2D eigenvalue weighted by Gasteiger charge is 2.42. The van der Waals surface area contributed by atoms with Crippen molar-refractivity contribution in [2.24, 2.45) is 17.3 Å². The molecule has 2 atom stereocenters. The van der Waals surface area contributed by atoms with Gasteiger partial charge in [-0.2, -0.15) is 0 Å². The fourth-order valence-corrected chi connectivity index (χ4v) is 3.06. The monoisotopic (exact) mass is 269 g/mol. The molecule has 0 aromatic carbocycles. The van der Waals surface area contributed by atoms with E-state index >= 15 is 0 Å². The van der Waals surface area contributed by atoms with Crippen LogP contribution in [0.1, 0.15) is 59.8 Å². The Kier molecular flexibility index (Phi) is 5.39. The summed E-state index contributed by atoms with van der Waals surface area (Å²) < 4.78 is 0. The largest absolute Gasteiger partial charge is 0.481 e. The maximum absolute atomic E-state index is 12.5. The Hall–Kier alpha value is -1.06. The minimum Gasteiger partial charge on any atom is -0.481 e. The second kappa shape index (κ2) is 6.40. The number of hydrogen-bond acceptors (Lipinski definition) is 2. The normalized spacial score (nSPS) is 21.1. The zero-order chi connectivity index (χ0) is 14.6. The summed E-state index contributed by atoms with van der Waals surface area (Å²) in [7, 11) is 0. The first-order valence-corrected chi connectivity index (χ1v) is 7.32. The van der Waals surface area contributed by atoms with Crippen LogP contribution in [0.25, 0.3) is 0 Å². The van der Waals surface area contributed by atoms with Crippen molar-refractivity contribution in [2.45, 2.75) is 65.8 Å².